The summed E-state index contributed by atoms with van der Waals surface area (Å²) in [7, 11) is 2.88. The van der Waals surface area contributed by atoms with E-state index in [0.29, 0.717) is 6.61 Å². The van der Waals surface area contributed by atoms with E-state index in [2.05, 4.69) is 4.98 Å². The quantitative estimate of drug-likeness (QED) is 0.704. The van der Waals surface area contributed by atoms with E-state index in [1.54, 1.807) is 13.0 Å². The van der Waals surface area contributed by atoms with Crippen LogP contribution in [-0.4, -0.2) is 25.3 Å². The zero-order chi connectivity index (χ0) is 18.3. The largest absolute Gasteiger partial charge is 0.465 e. The van der Waals surface area contributed by atoms with Gasteiger partial charge in [-0.2, -0.15) is 4.98 Å². The van der Waals surface area contributed by atoms with Gasteiger partial charge < -0.3 is 4.74 Å². The molecule has 0 amide bonds. The number of benzene rings is 1. The van der Waals surface area contributed by atoms with Gasteiger partial charge in [0.05, 0.1) is 13.2 Å². The molecule has 3 aromatic rings. The lowest BCUT2D eigenvalue weighted by molar-refractivity contribution is 0.300. The summed E-state index contributed by atoms with van der Waals surface area (Å²) in [5.41, 5.74) is -0.519. The minimum atomic E-state index is -0.538. The second-order valence-corrected chi connectivity index (χ2v) is 5.90. The summed E-state index contributed by atoms with van der Waals surface area (Å²) < 4.78 is 23.3. The van der Waals surface area contributed by atoms with Crippen LogP contribution >= 0.6 is 11.6 Å². The average molecular weight is 367 g/mol. The zero-order valence-electron chi connectivity index (χ0n) is 13.9. The Bertz CT molecular complexity index is 1060. The van der Waals surface area contributed by atoms with E-state index >= 15 is 0 Å². The smallest absolute Gasteiger partial charge is 0.332 e. The first-order valence-corrected chi connectivity index (χ1v) is 7.96. The van der Waals surface area contributed by atoms with E-state index in [1.165, 1.54) is 35.4 Å². The number of halogens is 2. The van der Waals surface area contributed by atoms with E-state index in [1.807, 2.05) is 0 Å². The van der Waals surface area contributed by atoms with Crippen LogP contribution in [0.3, 0.4) is 0 Å². The molecule has 0 atom stereocenters. The van der Waals surface area contributed by atoms with Crippen molar-refractivity contribution >= 4 is 22.8 Å². The monoisotopic (exact) mass is 366 g/mol. The van der Waals surface area contributed by atoms with Gasteiger partial charge in [0, 0.05) is 24.7 Å². The Morgan fingerprint density at radius 1 is 1.24 bits per heavy atom. The van der Waals surface area contributed by atoms with Gasteiger partial charge in [0.25, 0.3) is 11.6 Å². The van der Waals surface area contributed by atoms with E-state index < -0.39 is 17.1 Å². The molecular formula is C16H16ClFN4O3. The fourth-order valence-corrected chi connectivity index (χ4v) is 2.88. The average Bonchev–Trinajstić information content (AvgIpc) is 2.93. The third-order valence-corrected chi connectivity index (χ3v) is 4.32. The summed E-state index contributed by atoms with van der Waals surface area (Å²) in [6.45, 7) is 2.00. The van der Waals surface area contributed by atoms with E-state index in [9.17, 15) is 14.0 Å². The Hall–Kier alpha value is -2.61. The molecule has 0 aliphatic rings. The maximum absolute atomic E-state index is 14.2. The highest BCUT2D eigenvalue weighted by atomic mass is 35.5. The van der Waals surface area contributed by atoms with Gasteiger partial charge in [-0.25, -0.2) is 9.18 Å². The standard InChI is InChI=1S/C16H16ClFN4O3/c1-4-25-15-19-13-12(14(23)21(3)16(24)20(13)2)22(15)8-9-10(17)6-5-7-11(9)18/h5-7H,4,8H2,1-3H3. The molecule has 0 radical (unpaired) electrons. The number of aromatic nitrogens is 4. The molecule has 0 bridgehead atoms. The highest BCUT2D eigenvalue weighted by molar-refractivity contribution is 6.31. The van der Waals surface area contributed by atoms with Gasteiger partial charge in [-0.15, -0.1) is 0 Å². The van der Waals surface area contributed by atoms with Crippen LogP contribution in [0.25, 0.3) is 11.2 Å². The predicted octanol–water partition coefficient (Wildman–Crippen LogP) is 1.67. The molecule has 1 aromatic carbocycles. The van der Waals surface area contributed by atoms with Crippen molar-refractivity contribution in [1.29, 1.82) is 0 Å². The number of imidazole rings is 1. The first-order chi connectivity index (χ1) is 11.9. The number of fused-ring (bicyclic) bond motifs is 1. The van der Waals surface area contributed by atoms with Gasteiger partial charge in [-0.3, -0.25) is 18.5 Å². The van der Waals surface area contributed by atoms with Crippen molar-refractivity contribution < 1.29 is 9.13 Å². The Balaban J connectivity index is 2.35. The molecule has 7 nitrogen and oxygen atoms in total. The summed E-state index contributed by atoms with van der Waals surface area (Å²) >= 11 is 6.10. The number of hydrogen-bond donors (Lipinski definition) is 0. The predicted molar refractivity (Wildman–Crippen MR) is 91.9 cm³/mol. The molecule has 2 heterocycles. The van der Waals surface area contributed by atoms with Crippen LogP contribution in [0.1, 0.15) is 12.5 Å². The molecule has 132 valence electrons. The maximum atomic E-state index is 14.2. The molecule has 25 heavy (non-hydrogen) atoms. The second kappa shape index (κ2) is 6.36. The summed E-state index contributed by atoms with van der Waals surface area (Å²) in [5.74, 6) is -0.501. The number of ether oxygens (including phenoxy) is 1. The molecule has 9 heteroatoms. The number of hydrogen-bond acceptors (Lipinski definition) is 4. The minimum Gasteiger partial charge on any atom is -0.465 e. The van der Waals surface area contributed by atoms with Crippen molar-refractivity contribution in [2.24, 2.45) is 14.1 Å². The summed E-state index contributed by atoms with van der Waals surface area (Å²) in [6.07, 6.45) is 0. The van der Waals surface area contributed by atoms with E-state index in [-0.39, 0.29) is 34.3 Å². The van der Waals surface area contributed by atoms with Crippen molar-refractivity contribution in [2.75, 3.05) is 6.61 Å². The SMILES string of the molecule is CCOc1nc2c(c(=O)n(C)c(=O)n2C)n1Cc1c(F)cccc1Cl. The van der Waals surface area contributed by atoms with Gasteiger partial charge >= 0.3 is 5.69 Å². The topological polar surface area (TPSA) is 71.1 Å². The van der Waals surface area contributed by atoms with Crippen LogP contribution in [0, 0.1) is 5.82 Å². The van der Waals surface area contributed by atoms with Crippen LogP contribution in [0.15, 0.2) is 27.8 Å². The number of aryl methyl sites for hydroxylation is 1. The molecule has 3 rings (SSSR count). The highest BCUT2D eigenvalue weighted by Gasteiger charge is 2.21. The third-order valence-electron chi connectivity index (χ3n) is 3.96. The fourth-order valence-electron chi connectivity index (χ4n) is 2.65. The Morgan fingerprint density at radius 3 is 2.60 bits per heavy atom. The highest BCUT2D eigenvalue weighted by Crippen LogP contribution is 2.25. The van der Waals surface area contributed by atoms with Crippen molar-refractivity contribution in [3.8, 4) is 6.01 Å². The molecule has 0 saturated carbocycles. The van der Waals surface area contributed by atoms with Crippen LogP contribution in [-0.2, 0) is 20.6 Å². The normalized spacial score (nSPS) is 11.2. The number of nitrogens with zero attached hydrogens (tertiary/aromatic N) is 4. The summed E-state index contributed by atoms with van der Waals surface area (Å²) in [5, 5.41) is 0.228. The van der Waals surface area contributed by atoms with Gasteiger partial charge in [0.2, 0.25) is 0 Å². The van der Waals surface area contributed by atoms with Crippen molar-refractivity contribution in [3.63, 3.8) is 0 Å². The third kappa shape index (κ3) is 2.72. The molecule has 2 aromatic heterocycles. The van der Waals surface area contributed by atoms with Crippen molar-refractivity contribution in [1.82, 2.24) is 18.7 Å². The molecule has 0 aliphatic heterocycles. The molecule has 0 N–H and O–H groups in total. The zero-order valence-corrected chi connectivity index (χ0v) is 14.7. The van der Waals surface area contributed by atoms with E-state index in [0.717, 1.165) is 4.57 Å². The van der Waals surface area contributed by atoms with Gasteiger partial charge in [0.1, 0.15) is 5.82 Å². The maximum Gasteiger partial charge on any atom is 0.332 e. The Morgan fingerprint density at radius 2 is 1.96 bits per heavy atom. The van der Waals surface area contributed by atoms with E-state index in [4.69, 9.17) is 16.3 Å². The Kier molecular flexibility index (Phi) is 4.38. The fraction of sp³-hybridized carbons (Fsp3) is 0.312. The van der Waals surface area contributed by atoms with Crippen LogP contribution in [0.2, 0.25) is 5.02 Å². The van der Waals surface area contributed by atoms with Gasteiger partial charge in [-0.1, -0.05) is 17.7 Å². The molecule has 0 unspecified atom stereocenters. The lowest BCUT2D eigenvalue weighted by atomic mass is 10.2. The van der Waals surface area contributed by atoms with Crippen molar-refractivity contribution in [2.45, 2.75) is 13.5 Å². The van der Waals surface area contributed by atoms with Crippen LogP contribution < -0.4 is 16.0 Å². The second-order valence-electron chi connectivity index (χ2n) is 5.49. The first kappa shape index (κ1) is 17.2. The molecule has 0 aliphatic carbocycles. The molecular weight excluding hydrogens is 351 g/mol. The first-order valence-electron chi connectivity index (χ1n) is 7.58. The van der Waals surface area contributed by atoms with Crippen LogP contribution in [0.5, 0.6) is 6.01 Å². The summed E-state index contributed by atoms with van der Waals surface area (Å²) in [4.78, 5) is 29.0. The lowest BCUT2D eigenvalue weighted by Crippen LogP contribution is -2.37. The molecule has 0 spiro atoms. The van der Waals surface area contributed by atoms with Gasteiger partial charge in [-0.05, 0) is 19.1 Å². The summed E-state index contributed by atoms with van der Waals surface area (Å²) in [6, 6.07) is 4.47. The van der Waals surface area contributed by atoms with Crippen molar-refractivity contribution in [3.05, 3.63) is 55.4 Å². The number of rotatable bonds is 4. The van der Waals surface area contributed by atoms with Gasteiger partial charge in [0.15, 0.2) is 11.2 Å². The molecule has 0 saturated heterocycles. The lowest BCUT2D eigenvalue weighted by Gasteiger charge is -2.11. The minimum absolute atomic E-state index is 0.0508. The Labute approximate surface area is 146 Å². The van der Waals surface area contributed by atoms with Crippen LogP contribution in [0.4, 0.5) is 4.39 Å². The molecule has 0 fully saturated rings.